The average molecular weight is 344 g/mol. The summed E-state index contributed by atoms with van der Waals surface area (Å²) < 4.78 is 18.6. The molecule has 4 nitrogen and oxygen atoms in total. The second-order valence-corrected chi connectivity index (χ2v) is 6.72. The Morgan fingerprint density at radius 2 is 1.96 bits per heavy atom. The number of rotatable bonds is 7. The van der Waals surface area contributed by atoms with Crippen LogP contribution in [0.3, 0.4) is 0 Å². The van der Waals surface area contributed by atoms with Crippen molar-refractivity contribution in [3.63, 3.8) is 0 Å². The molecule has 1 aromatic carbocycles. The van der Waals surface area contributed by atoms with Gasteiger partial charge in [0.05, 0.1) is 12.2 Å². The molecule has 25 heavy (non-hydrogen) atoms. The maximum atomic E-state index is 13.2. The van der Waals surface area contributed by atoms with Gasteiger partial charge in [-0.1, -0.05) is 12.1 Å². The van der Waals surface area contributed by atoms with Crippen molar-refractivity contribution < 1.29 is 13.6 Å². The summed E-state index contributed by atoms with van der Waals surface area (Å²) in [6.07, 6.45) is 4.52. The van der Waals surface area contributed by atoms with Gasteiger partial charge in [0.2, 0.25) is 5.91 Å². The number of amides is 1. The van der Waals surface area contributed by atoms with Crippen LogP contribution in [0, 0.1) is 5.82 Å². The lowest BCUT2D eigenvalue weighted by Crippen LogP contribution is -2.42. The normalized spacial score (nSPS) is 17.4. The van der Waals surface area contributed by atoms with Crippen LogP contribution in [-0.2, 0) is 11.2 Å². The molecule has 3 rings (SSSR count). The van der Waals surface area contributed by atoms with Crippen LogP contribution in [-0.4, -0.2) is 36.5 Å². The minimum absolute atomic E-state index is 0.0472. The minimum atomic E-state index is -0.391. The maximum Gasteiger partial charge on any atom is 0.228 e. The van der Waals surface area contributed by atoms with Crippen molar-refractivity contribution >= 4 is 5.91 Å². The van der Waals surface area contributed by atoms with Gasteiger partial charge in [-0.3, -0.25) is 9.69 Å². The van der Waals surface area contributed by atoms with E-state index < -0.39 is 5.92 Å². The molecule has 1 saturated heterocycles. The number of likely N-dealkylation sites (tertiary alicyclic amines) is 1. The van der Waals surface area contributed by atoms with Crippen LogP contribution in [0.25, 0.3) is 0 Å². The Balaban J connectivity index is 1.66. The second-order valence-electron chi connectivity index (χ2n) is 6.72. The standard InChI is InChI=1S/C20H25FN2O2/c1-15(23-10-2-3-11-23)14-22-20(24)19(13-18-5-4-12-25-18)16-6-8-17(21)9-7-16/h4-9,12,15,19H,2-3,10-11,13-14H2,1H3,(H,22,24). The van der Waals surface area contributed by atoms with Crippen LogP contribution in [0.15, 0.2) is 47.1 Å². The van der Waals surface area contributed by atoms with Crippen LogP contribution in [0.2, 0.25) is 0 Å². The van der Waals surface area contributed by atoms with E-state index in [0.29, 0.717) is 19.0 Å². The highest BCUT2D eigenvalue weighted by Gasteiger charge is 2.24. The number of carbonyl (C=O) groups excluding carboxylic acids is 1. The number of carbonyl (C=O) groups is 1. The van der Waals surface area contributed by atoms with Crippen molar-refractivity contribution in [3.8, 4) is 0 Å². The molecule has 0 saturated carbocycles. The molecular formula is C20H25FN2O2. The lowest BCUT2D eigenvalue weighted by Gasteiger charge is -2.25. The van der Waals surface area contributed by atoms with Crippen molar-refractivity contribution in [1.82, 2.24) is 10.2 Å². The second kappa shape index (κ2) is 8.30. The van der Waals surface area contributed by atoms with Crippen molar-refractivity contribution in [2.24, 2.45) is 0 Å². The van der Waals surface area contributed by atoms with Gasteiger partial charge in [0.15, 0.2) is 0 Å². The van der Waals surface area contributed by atoms with Crippen molar-refractivity contribution in [2.45, 2.75) is 38.1 Å². The summed E-state index contributed by atoms with van der Waals surface area (Å²) in [5.41, 5.74) is 0.795. The molecular weight excluding hydrogens is 319 g/mol. The molecule has 1 aliphatic heterocycles. The minimum Gasteiger partial charge on any atom is -0.469 e. The van der Waals surface area contributed by atoms with E-state index in [4.69, 9.17) is 4.42 Å². The van der Waals surface area contributed by atoms with Gasteiger partial charge >= 0.3 is 0 Å². The number of nitrogens with one attached hydrogen (secondary N) is 1. The van der Waals surface area contributed by atoms with Gasteiger partial charge < -0.3 is 9.73 Å². The third-order valence-corrected chi connectivity index (χ3v) is 4.91. The first-order valence-electron chi connectivity index (χ1n) is 8.93. The van der Waals surface area contributed by atoms with Crippen LogP contribution in [0.4, 0.5) is 4.39 Å². The van der Waals surface area contributed by atoms with E-state index >= 15 is 0 Å². The number of hydrogen-bond acceptors (Lipinski definition) is 3. The summed E-state index contributed by atoms with van der Waals surface area (Å²) >= 11 is 0. The SMILES string of the molecule is CC(CNC(=O)C(Cc1ccco1)c1ccc(F)cc1)N1CCCC1. The highest BCUT2D eigenvalue weighted by Crippen LogP contribution is 2.22. The smallest absolute Gasteiger partial charge is 0.228 e. The monoisotopic (exact) mass is 344 g/mol. The Hall–Kier alpha value is -2.14. The highest BCUT2D eigenvalue weighted by molar-refractivity contribution is 5.83. The summed E-state index contributed by atoms with van der Waals surface area (Å²) in [6.45, 7) is 4.97. The molecule has 1 amide bonds. The lowest BCUT2D eigenvalue weighted by molar-refractivity contribution is -0.122. The van der Waals surface area contributed by atoms with Crippen molar-refractivity contribution in [2.75, 3.05) is 19.6 Å². The van der Waals surface area contributed by atoms with Gasteiger partial charge in [0.1, 0.15) is 11.6 Å². The lowest BCUT2D eigenvalue weighted by atomic mass is 9.93. The first-order valence-corrected chi connectivity index (χ1v) is 8.93. The number of benzene rings is 1. The molecule has 1 N–H and O–H groups in total. The van der Waals surface area contributed by atoms with E-state index in [9.17, 15) is 9.18 Å². The molecule has 1 aliphatic rings. The number of halogens is 1. The molecule has 0 spiro atoms. The fourth-order valence-electron chi connectivity index (χ4n) is 3.37. The molecule has 2 atom stereocenters. The van der Waals surface area contributed by atoms with Gasteiger partial charge in [-0.05, 0) is 62.7 Å². The predicted octanol–water partition coefficient (Wildman–Crippen LogP) is 3.35. The van der Waals surface area contributed by atoms with Crippen molar-refractivity contribution in [3.05, 3.63) is 59.8 Å². The Morgan fingerprint density at radius 3 is 2.60 bits per heavy atom. The van der Waals surface area contributed by atoms with Crippen molar-refractivity contribution in [1.29, 1.82) is 0 Å². The van der Waals surface area contributed by atoms with E-state index in [0.717, 1.165) is 24.4 Å². The fraction of sp³-hybridized carbons (Fsp3) is 0.450. The van der Waals surface area contributed by atoms with Crippen LogP contribution < -0.4 is 5.32 Å². The third-order valence-electron chi connectivity index (χ3n) is 4.91. The van der Waals surface area contributed by atoms with E-state index in [-0.39, 0.29) is 11.7 Å². The summed E-state index contributed by atoms with van der Waals surface area (Å²) in [4.78, 5) is 15.2. The molecule has 0 aliphatic carbocycles. The number of hydrogen-bond donors (Lipinski definition) is 1. The molecule has 134 valence electrons. The molecule has 5 heteroatoms. The zero-order chi connectivity index (χ0) is 17.6. The van der Waals surface area contributed by atoms with Gasteiger partial charge in [-0.15, -0.1) is 0 Å². The first-order chi connectivity index (χ1) is 12.1. The maximum absolute atomic E-state index is 13.2. The predicted molar refractivity (Wildman–Crippen MR) is 94.8 cm³/mol. The molecule has 2 unspecified atom stereocenters. The Bertz CT molecular complexity index is 664. The Kier molecular flexibility index (Phi) is 5.87. The average Bonchev–Trinajstić information content (AvgIpc) is 3.31. The topological polar surface area (TPSA) is 45.5 Å². The Morgan fingerprint density at radius 1 is 1.24 bits per heavy atom. The van der Waals surface area contributed by atoms with Crippen LogP contribution >= 0.6 is 0 Å². The first kappa shape index (κ1) is 17.7. The molecule has 1 fully saturated rings. The van der Waals surface area contributed by atoms with Gasteiger partial charge in [-0.25, -0.2) is 4.39 Å². The van der Waals surface area contributed by atoms with Gasteiger partial charge in [-0.2, -0.15) is 0 Å². The van der Waals surface area contributed by atoms with E-state index in [1.165, 1.54) is 25.0 Å². The molecule has 0 radical (unpaired) electrons. The number of nitrogens with zero attached hydrogens (tertiary/aromatic N) is 1. The number of furan rings is 1. The summed E-state index contributed by atoms with van der Waals surface area (Å²) in [5.74, 6) is 0.00668. The van der Waals surface area contributed by atoms with Crippen LogP contribution in [0.5, 0.6) is 0 Å². The van der Waals surface area contributed by atoms with E-state index in [2.05, 4.69) is 17.1 Å². The summed E-state index contributed by atoms with van der Waals surface area (Å²) in [6, 6.07) is 10.1. The zero-order valence-electron chi connectivity index (χ0n) is 14.6. The molecule has 0 bridgehead atoms. The largest absolute Gasteiger partial charge is 0.469 e. The van der Waals surface area contributed by atoms with Gasteiger partial charge in [0.25, 0.3) is 0 Å². The molecule has 2 heterocycles. The third kappa shape index (κ3) is 4.69. The fourth-order valence-corrected chi connectivity index (χ4v) is 3.37. The quantitative estimate of drug-likeness (QED) is 0.838. The highest BCUT2D eigenvalue weighted by atomic mass is 19.1. The summed E-state index contributed by atoms with van der Waals surface area (Å²) in [7, 11) is 0. The molecule has 1 aromatic heterocycles. The molecule has 2 aromatic rings. The zero-order valence-corrected chi connectivity index (χ0v) is 14.6. The van der Waals surface area contributed by atoms with E-state index in [1.54, 1.807) is 18.4 Å². The van der Waals surface area contributed by atoms with Gasteiger partial charge in [0, 0.05) is 19.0 Å². The Labute approximate surface area is 148 Å². The summed E-state index contributed by atoms with van der Waals surface area (Å²) in [5, 5.41) is 3.07. The van der Waals surface area contributed by atoms with Crippen LogP contribution in [0.1, 0.15) is 37.0 Å². The van der Waals surface area contributed by atoms with E-state index in [1.807, 2.05) is 12.1 Å².